The number of ether oxygens (including phenoxy) is 1. The summed E-state index contributed by atoms with van der Waals surface area (Å²) in [5, 5.41) is 15.3. The summed E-state index contributed by atoms with van der Waals surface area (Å²) in [6.45, 7) is 1.83. The molecule has 2 aromatic rings. The van der Waals surface area contributed by atoms with E-state index in [9.17, 15) is 10.1 Å². The van der Waals surface area contributed by atoms with E-state index in [1.165, 1.54) is 6.20 Å². The Balaban J connectivity index is 2.06. The van der Waals surface area contributed by atoms with Crippen molar-refractivity contribution in [2.24, 2.45) is 0 Å². The van der Waals surface area contributed by atoms with Gasteiger partial charge >= 0.3 is 0 Å². The second-order valence-corrected chi connectivity index (χ2v) is 5.93. The molecule has 0 fully saturated rings. The van der Waals surface area contributed by atoms with Crippen molar-refractivity contribution in [3.63, 3.8) is 0 Å². The maximum atomic E-state index is 12.3. The van der Waals surface area contributed by atoms with Crippen LogP contribution in [0, 0.1) is 11.3 Å². The molecule has 0 aliphatic rings. The van der Waals surface area contributed by atoms with E-state index >= 15 is 0 Å². The van der Waals surface area contributed by atoms with Crippen molar-refractivity contribution in [3.8, 4) is 11.8 Å². The number of anilines is 2. The standard InChI is InChI=1S/C19H19ClN4O2/c1-12(13-3-6-16(26-2)7-4-13)24-19(25)14(10-21)11-23-18-8-5-15(22)9-17(18)20/h3-9,11-12,23H,22H2,1-2H3,(H,24,25)/b14-11-. The number of hydrogen-bond donors (Lipinski definition) is 3. The number of methoxy groups -OCH3 is 1. The van der Waals surface area contributed by atoms with Crippen molar-refractivity contribution in [3.05, 3.63) is 64.8 Å². The zero-order chi connectivity index (χ0) is 19.1. The largest absolute Gasteiger partial charge is 0.497 e. The van der Waals surface area contributed by atoms with E-state index in [1.54, 1.807) is 25.3 Å². The van der Waals surface area contributed by atoms with Gasteiger partial charge in [0.2, 0.25) is 0 Å². The number of nitrogens with two attached hydrogens (primary N) is 1. The molecule has 134 valence electrons. The summed E-state index contributed by atoms with van der Waals surface area (Å²) >= 11 is 6.06. The third kappa shape index (κ3) is 4.91. The zero-order valence-electron chi connectivity index (χ0n) is 14.4. The minimum absolute atomic E-state index is 0.0711. The summed E-state index contributed by atoms with van der Waals surface area (Å²) in [7, 11) is 1.59. The Kier molecular flexibility index (Phi) is 6.48. The zero-order valence-corrected chi connectivity index (χ0v) is 15.2. The first kappa shape index (κ1) is 19.2. The molecule has 26 heavy (non-hydrogen) atoms. The Morgan fingerprint density at radius 3 is 2.58 bits per heavy atom. The molecule has 0 spiro atoms. The Hall–Kier alpha value is -3.17. The van der Waals surface area contributed by atoms with Crippen LogP contribution < -0.4 is 21.1 Å². The van der Waals surface area contributed by atoms with Gasteiger partial charge in [0, 0.05) is 11.9 Å². The second kappa shape index (κ2) is 8.79. The van der Waals surface area contributed by atoms with Crippen molar-refractivity contribution in [2.45, 2.75) is 13.0 Å². The van der Waals surface area contributed by atoms with Gasteiger partial charge < -0.3 is 21.1 Å². The summed E-state index contributed by atoms with van der Waals surface area (Å²) < 4.78 is 5.11. The van der Waals surface area contributed by atoms with Gasteiger partial charge in [-0.3, -0.25) is 4.79 Å². The molecular formula is C19H19ClN4O2. The number of nitriles is 1. The predicted molar refractivity (Wildman–Crippen MR) is 103 cm³/mol. The molecule has 2 aromatic carbocycles. The van der Waals surface area contributed by atoms with Crippen LogP contribution in [0.5, 0.6) is 5.75 Å². The molecule has 0 bridgehead atoms. The topological polar surface area (TPSA) is 100 Å². The van der Waals surface area contributed by atoms with E-state index in [0.29, 0.717) is 16.4 Å². The van der Waals surface area contributed by atoms with E-state index in [2.05, 4.69) is 10.6 Å². The van der Waals surface area contributed by atoms with Crippen molar-refractivity contribution < 1.29 is 9.53 Å². The first-order valence-electron chi connectivity index (χ1n) is 7.81. The van der Waals surface area contributed by atoms with Crippen LogP contribution in [0.2, 0.25) is 5.02 Å². The van der Waals surface area contributed by atoms with E-state index in [1.807, 2.05) is 37.3 Å². The third-order valence-electron chi connectivity index (χ3n) is 3.69. The Bertz CT molecular complexity index is 857. The molecule has 0 radical (unpaired) electrons. The first-order valence-corrected chi connectivity index (χ1v) is 8.19. The lowest BCUT2D eigenvalue weighted by atomic mass is 10.1. The normalized spacial score (nSPS) is 12.0. The number of rotatable bonds is 6. The number of nitrogens with zero attached hydrogens (tertiary/aromatic N) is 1. The van der Waals surface area contributed by atoms with Crippen molar-refractivity contribution in [1.82, 2.24) is 5.32 Å². The molecule has 1 atom stereocenters. The summed E-state index contributed by atoms with van der Waals surface area (Å²) in [4.78, 5) is 12.3. The number of amides is 1. The Morgan fingerprint density at radius 2 is 2.00 bits per heavy atom. The molecule has 7 heteroatoms. The number of nitrogens with one attached hydrogen (secondary N) is 2. The van der Waals surface area contributed by atoms with Crippen LogP contribution in [0.15, 0.2) is 54.2 Å². The lowest BCUT2D eigenvalue weighted by molar-refractivity contribution is -0.117. The van der Waals surface area contributed by atoms with Gasteiger partial charge in [-0.05, 0) is 42.8 Å². The van der Waals surface area contributed by atoms with Gasteiger partial charge in [0.15, 0.2) is 0 Å². The summed E-state index contributed by atoms with van der Waals surface area (Å²) in [6.07, 6.45) is 1.31. The van der Waals surface area contributed by atoms with Crippen LogP contribution in [0.3, 0.4) is 0 Å². The number of hydrogen-bond acceptors (Lipinski definition) is 5. The number of halogens is 1. The van der Waals surface area contributed by atoms with Crippen LogP contribution in [-0.2, 0) is 4.79 Å². The molecule has 4 N–H and O–H groups in total. The molecule has 0 saturated carbocycles. The molecule has 0 saturated heterocycles. The first-order chi connectivity index (χ1) is 12.4. The maximum Gasteiger partial charge on any atom is 0.263 e. The molecule has 0 aromatic heterocycles. The van der Waals surface area contributed by atoms with Crippen LogP contribution >= 0.6 is 11.6 Å². The minimum atomic E-state index is -0.491. The van der Waals surface area contributed by atoms with Crippen LogP contribution in [0.1, 0.15) is 18.5 Å². The van der Waals surface area contributed by atoms with E-state index in [4.69, 9.17) is 22.1 Å². The van der Waals surface area contributed by atoms with Crippen LogP contribution in [-0.4, -0.2) is 13.0 Å². The second-order valence-electron chi connectivity index (χ2n) is 5.52. The SMILES string of the molecule is COc1ccc(C(C)NC(=O)/C(C#N)=C\Nc2ccc(N)cc2Cl)cc1. The predicted octanol–water partition coefficient (Wildman–Crippen LogP) is 3.63. The Morgan fingerprint density at radius 1 is 1.31 bits per heavy atom. The highest BCUT2D eigenvalue weighted by molar-refractivity contribution is 6.33. The Labute approximate surface area is 157 Å². The fourth-order valence-electron chi connectivity index (χ4n) is 2.20. The van der Waals surface area contributed by atoms with E-state index in [-0.39, 0.29) is 11.6 Å². The monoisotopic (exact) mass is 370 g/mol. The number of benzene rings is 2. The molecule has 1 amide bonds. The number of carbonyl (C=O) groups is 1. The fourth-order valence-corrected chi connectivity index (χ4v) is 2.44. The molecule has 1 unspecified atom stereocenters. The molecule has 0 aliphatic heterocycles. The highest BCUT2D eigenvalue weighted by Gasteiger charge is 2.14. The van der Waals surface area contributed by atoms with Crippen LogP contribution in [0.25, 0.3) is 0 Å². The fraction of sp³-hybridized carbons (Fsp3) is 0.158. The minimum Gasteiger partial charge on any atom is -0.497 e. The van der Waals surface area contributed by atoms with E-state index < -0.39 is 5.91 Å². The van der Waals surface area contributed by atoms with Gasteiger partial charge in [0.1, 0.15) is 17.4 Å². The maximum absolute atomic E-state index is 12.3. The quantitative estimate of drug-likeness (QED) is 0.409. The number of carbonyl (C=O) groups excluding carboxylic acids is 1. The molecular weight excluding hydrogens is 352 g/mol. The van der Waals surface area contributed by atoms with Gasteiger partial charge in [-0.2, -0.15) is 5.26 Å². The van der Waals surface area contributed by atoms with Gasteiger partial charge in [-0.1, -0.05) is 23.7 Å². The van der Waals surface area contributed by atoms with Crippen LogP contribution in [0.4, 0.5) is 11.4 Å². The molecule has 0 aliphatic carbocycles. The average molecular weight is 371 g/mol. The third-order valence-corrected chi connectivity index (χ3v) is 4.01. The summed E-state index contributed by atoms with van der Waals surface area (Å²) in [6, 6.07) is 13.8. The van der Waals surface area contributed by atoms with Gasteiger partial charge in [0.05, 0.1) is 23.9 Å². The molecule has 6 nitrogen and oxygen atoms in total. The lowest BCUT2D eigenvalue weighted by Crippen LogP contribution is -2.28. The average Bonchev–Trinajstić information content (AvgIpc) is 2.63. The smallest absolute Gasteiger partial charge is 0.263 e. The van der Waals surface area contributed by atoms with Crippen molar-refractivity contribution in [2.75, 3.05) is 18.2 Å². The van der Waals surface area contributed by atoms with Gasteiger partial charge in [-0.25, -0.2) is 0 Å². The number of nitrogen functional groups attached to an aromatic ring is 1. The van der Waals surface area contributed by atoms with E-state index in [0.717, 1.165) is 11.3 Å². The van der Waals surface area contributed by atoms with Crippen molar-refractivity contribution in [1.29, 1.82) is 5.26 Å². The summed E-state index contributed by atoms with van der Waals surface area (Å²) in [5.41, 5.74) is 7.53. The molecule has 0 heterocycles. The molecule has 2 rings (SSSR count). The van der Waals surface area contributed by atoms with Crippen molar-refractivity contribution >= 4 is 28.9 Å². The van der Waals surface area contributed by atoms with Gasteiger partial charge in [-0.15, -0.1) is 0 Å². The summed E-state index contributed by atoms with van der Waals surface area (Å²) in [5.74, 6) is 0.240. The lowest BCUT2D eigenvalue weighted by Gasteiger charge is -2.14. The highest BCUT2D eigenvalue weighted by Crippen LogP contribution is 2.24. The van der Waals surface area contributed by atoms with Gasteiger partial charge in [0.25, 0.3) is 5.91 Å². The highest BCUT2D eigenvalue weighted by atomic mass is 35.5.